The Morgan fingerprint density at radius 2 is 2.00 bits per heavy atom. The molecule has 5 heteroatoms. The summed E-state index contributed by atoms with van der Waals surface area (Å²) in [6.07, 6.45) is 5.60. The van der Waals surface area contributed by atoms with E-state index in [0.29, 0.717) is 5.13 Å². The summed E-state index contributed by atoms with van der Waals surface area (Å²) < 4.78 is 1.06. The zero-order valence-corrected chi connectivity index (χ0v) is 12.7. The van der Waals surface area contributed by atoms with Crippen molar-refractivity contribution in [1.29, 1.82) is 0 Å². The summed E-state index contributed by atoms with van der Waals surface area (Å²) in [6, 6.07) is 2.05. The Kier molecular flexibility index (Phi) is 3.70. The zero-order valence-electron chi connectivity index (χ0n) is 11.9. The fourth-order valence-electron chi connectivity index (χ4n) is 2.85. The van der Waals surface area contributed by atoms with E-state index in [0.717, 1.165) is 41.7 Å². The van der Waals surface area contributed by atoms with Crippen molar-refractivity contribution in [1.82, 2.24) is 9.97 Å². The summed E-state index contributed by atoms with van der Waals surface area (Å²) >= 11 is 1.52. The number of nitrogens with zero attached hydrogens (tertiary/aromatic N) is 2. The molecule has 1 fully saturated rings. The van der Waals surface area contributed by atoms with Crippen molar-refractivity contribution in [2.45, 2.75) is 46.0 Å². The second kappa shape index (κ2) is 5.48. The molecule has 2 aromatic rings. The second-order valence-electron chi connectivity index (χ2n) is 5.58. The third-order valence-electron chi connectivity index (χ3n) is 3.88. The van der Waals surface area contributed by atoms with Gasteiger partial charge in [0, 0.05) is 11.6 Å². The van der Waals surface area contributed by atoms with Gasteiger partial charge < -0.3 is 5.32 Å². The maximum atomic E-state index is 12.2. The van der Waals surface area contributed by atoms with Crippen LogP contribution in [0.3, 0.4) is 0 Å². The number of carbonyl (C=O) groups excluding carboxylic acids is 1. The first-order valence-corrected chi connectivity index (χ1v) is 8.01. The number of amides is 1. The Hall–Kier alpha value is -1.49. The van der Waals surface area contributed by atoms with Crippen molar-refractivity contribution >= 4 is 32.7 Å². The highest BCUT2D eigenvalue weighted by Crippen LogP contribution is 2.30. The normalized spacial score (nSPS) is 16.5. The van der Waals surface area contributed by atoms with Crippen LogP contribution in [-0.4, -0.2) is 15.9 Å². The van der Waals surface area contributed by atoms with Gasteiger partial charge in [0.05, 0.1) is 4.70 Å². The first kappa shape index (κ1) is 13.5. The fourth-order valence-corrected chi connectivity index (χ4v) is 3.73. The van der Waals surface area contributed by atoms with E-state index in [1.54, 1.807) is 0 Å². The van der Waals surface area contributed by atoms with Gasteiger partial charge in [-0.25, -0.2) is 4.98 Å². The van der Waals surface area contributed by atoms with E-state index in [9.17, 15) is 4.79 Å². The van der Waals surface area contributed by atoms with Crippen molar-refractivity contribution < 1.29 is 4.79 Å². The third-order valence-corrected chi connectivity index (χ3v) is 4.98. The predicted molar refractivity (Wildman–Crippen MR) is 82.1 cm³/mol. The van der Waals surface area contributed by atoms with Crippen molar-refractivity contribution in [2.24, 2.45) is 5.92 Å². The van der Waals surface area contributed by atoms with Crippen molar-refractivity contribution in [3.63, 3.8) is 0 Å². The molecule has 0 unspecified atom stereocenters. The minimum atomic E-state index is 0.123. The first-order chi connectivity index (χ1) is 9.63. The van der Waals surface area contributed by atoms with Crippen LogP contribution in [0.25, 0.3) is 10.3 Å². The Morgan fingerprint density at radius 1 is 1.25 bits per heavy atom. The van der Waals surface area contributed by atoms with Gasteiger partial charge >= 0.3 is 0 Å². The van der Waals surface area contributed by atoms with Crippen LogP contribution in [0.1, 0.15) is 43.4 Å². The largest absolute Gasteiger partial charge is 0.302 e. The molecule has 1 N–H and O–H groups in total. The molecule has 0 aliphatic heterocycles. The van der Waals surface area contributed by atoms with Crippen LogP contribution in [0.15, 0.2) is 6.07 Å². The average Bonchev–Trinajstić information content (AvgIpc) is 2.82. The molecule has 2 aromatic heterocycles. The standard InChI is InChI=1S/C15H19N3OS/c1-9-8-10(2)16-13-12(9)20-15(17-13)18-14(19)11-6-4-3-5-7-11/h8,11H,3-7H2,1-2H3,(H,16,17,18,19). The quantitative estimate of drug-likeness (QED) is 0.914. The van der Waals surface area contributed by atoms with Gasteiger partial charge in [-0.15, -0.1) is 0 Å². The topological polar surface area (TPSA) is 54.9 Å². The molecule has 1 aliphatic rings. The smallest absolute Gasteiger partial charge is 0.229 e. The Balaban J connectivity index is 1.80. The van der Waals surface area contributed by atoms with Crippen LogP contribution < -0.4 is 5.32 Å². The minimum Gasteiger partial charge on any atom is -0.302 e. The highest BCUT2D eigenvalue weighted by Gasteiger charge is 2.22. The van der Waals surface area contributed by atoms with E-state index < -0.39 is 0 Å². The van der Waals surface area contributed by atoms with Crippen LogP contribution >= 0.6 is 11.3 Å². The molecule has 0 spiro atoms. The van der Waals surface area contributed by atoms with Gasteiger partial charge in [-0.2, -0.15) is 4.98 Å². The Bertz CT molecular complexity index is 644. The van der Waals surface area contributed by atoms with Gasteiger partial charge in [-0.05, 0) is 38.3 Å². The van der Waals surface area contributed by atoms with Gasteiger partial charge in [-0.1, -0.05) is 30.6 Å². The van der Waals surface area contributed by atoms with Gasteiger partial charge in [0.25, 0.3) is 0 Å². The molecular formula is C15H19N3OS. The summed E-state index contributed by atoms with van der Waals surface area (Å²) in [4.78, 5) is 21.1. The number of pyridine rings is 1. The number of fused-ring (bicyclic) bond motifs is 1. The zero-order chi connectivity index (χ0) is 14.1. The molecule has 1 saturated carbocycles. The first-order valence-electron chi connectivity index (χ1n) is 7.19. The van der Waals surface area contributed by atoms with Gasteiger partial charge in [0.2, 0.25) is 5.91 Å². The Morgan fingerprint density at radius 3 is 2.75 bits per heavy atom. The molecule has 2 heterocycles. The predicted octanol–water partition coefficient (Wildman–Crippen LogP) is 3.83. The number of nitrogens with one attached hydrogen (secondary N) is 1. The molecule has 1 aliphatic carbocycles. The summed E-state index contributed by atoms with van der Waals surface area (Å²) in [6.45, 7) is 4.02. The highest BCUT2D eigenvalue weighted by molar-refractivity contribution is 7.22. The lowest BCUT2D eigenvalue weighted by Gasteiger charge is -2.19. The molecule has 20 heavy (non-hydrogen) atoms. The molecule has 4 nitrogen and oxygen atoms in total. The van der Waals surface area contributed by atoms with Crippen molar-refractivity contribution in [2.75, 3.05) is 5.32 Å². The second-order valence-corrected chi connectivity index (χ2v) is 6.58. The number of aromatic nitrogens is 2. The number of carbonyl (C=O) groups is 1. The van der Waals surface area contributed by atoms with Crippen LogP contribution in [-0.2, 0) is 4.79 Å². The van der Waals surface area contributed by atoms with E-state index in [2.05, 4.69) is 22.2 Å². The molecule has 0 radical (unpaired) electrons. The summed E-state index contributed by atoms with van der Waals surface area (Å²) in [5.74, 6) is 0.282. The van der Waals surface area contributed by atoms with E-state index in [-0.39, 0.29) is 11.8 Å². The molecule has 0 bridgehead atoms. The summed E-state index contributed by atoms with van der Waals surface area (Å²) in [5.41, 5.74) is 2.88. The van der Waals surface area contributed by atoms with Crippen LogP contribution in [0.2, 0.25) is 0 Å². The summed E-state index contributed by atoms with van der Waals surface area (Å²) in [7, 11) is 0. The number of hydrogen-bond acceptors (Lipinski definition) is 4. The molecular weight excluding hydrogens is 270 g/mol. The van der Waals surface area contributed by atoms with Crippen molar-refractivity contribution in [3.05, 3.63) is 17.3 Å². The van der Waals surface area contributed by atoms with Gasteiger partial charge in [0.15, 0.2) is 10.8 Å². The van der Waals surface area contributed by atoms with Crippen molar-refractivity contribution in [3.8, 4) is 0 Å². The highest BCUT2D eigenvalue weighted by atomic mass is 32.1. The van der Waals surface area contributed by atoms with E-state index in [1.807, 2.05) is 13.0 Å². The maximum absolute atomic E-state index is 12.2. The lowest BCUT2D eigenvalue weighted by atomic mass is 9.89. The van der Waals surface area contributed by atoms with Crippen LogP contribution in [0.4, 0.5) is 5.13 Å². The number of aryl methyl sites for hydroxylation is 2. The average molecular weight is 289 g/mol. The number of rotatable bonds is 2. The number of anilines is 1. The SMILES string of the molecule is Cc1cc(C)c2sc(NC(=O)C3CCCCC3)nc2n1. The lowest BCUT2D eigenvalue weighted by molar-refractivity contribution is -0.120. The molecule has 0 saturated heterocycles. The molecule has 0 aromatic carbocycles. The maximum Gasteiger partial charge on any atom is 0.229 e. The van der Waals surface area contributed by atoms with E-state index in [4.69, 9.17) is 0 Å². The Labute approximate surface area is 122 Å². The summed E-state index contributed by atoms with van der Waals surface area (Å²) in [5, 5.41) is 3.65. The molecule has 106 valence electrons. The molecule has 1 amide bonds. The lowest BCUT2D eigenvalue weighted by Crippen LogP contribution is -2.24. The van der Waals surface area contributed by atoms with Gasteiger partial charge in [0.1, 0.15) is 0 Å². The van der Waals surface area contributed by atoms with Crippen LogP contribution in [0.5, 0.6) is 0 Å². The fraction of sp³-hybridized carbons (Fsp3) is 0.533. The number of thiazole rings is 1. The third kappa shape index (κ3) is 2.68. The van der Waals surface area contributed by atoms with E-state index in [1.165, 1.54) is 23.3 Å². The number of hydrogen-bond donors (Lipinski definition) is 1. The van der Waals surface area contributed by atoms with E-state index >= 15 is 0 Å². The van der Waals surface area contributed by atoms with Crippen LogP contribution in [0, 0.1) is 19.8 Å². The minimum absolute atomic E-state index is 0.123. The molecule has 3 rings (SSSR count). The molecule has 0 atom stereocenters. The monoisotopic (exact) mass is 289 g/mol. The van der Waals surface area contributed by atoms with Gasteiger partial charge in [-0.3, -0.25) is 4.79 Å².